The van der Waals surface area contributed by atoms with Gasteiger partial charge >= 0.3 is 6.18 Å². The molecule has 1 aromatic carbocycles. The first-order valence-corrected chi connectivity index (χ1v) is 9.22. The first-order chi connectivity index (χ1) is 14.6. The Morgan fingerprint density at radius 3 is 2.68 bits per heavy atom. The SMILES string of the molecule is CC(C)n1nc(CC(=O)Nc2nc3cnccn3n2)c(=O)c2ccc(C(F)(F)F)cc21. The number of anilines is 1. The van der Waals surface area contributed by atoms with Crippen molar-refractivity contribution in [2.75, 3.05) is 5.32 Å². The summed E-state index contributed by atoms with van der Waals surface area (Å²) in [6.45, 7) is 3.44. The molecule has 1 amide bonds. The highest BCUT2D eigenvalue weighted by Gasteiger charge is 2.31. The molecule has 0 fully saturated rings. The van der Waals surface area contributed by atoms with Crippen LogP contribution >= 0.6 is 0 Å². The van der Waals surface area contributed by atoms with E-state index in [0.29, 0.717) is 5.65 Å². The van der Waals surface area contributed by atoms with Crippen molar-refractivity contribution in [2.45, 2.75) is 32.5 Å². The summed E-state index contributed by atoms with van der Waals surface area (Å²) in [7, 11) is 0. The molecule has 9 nitrogen and oxygen atoms in total. The highest BCUT2D eigenvalue weighted by Crippen LogP contribution is 2.31. The van der Waals surface area contributed by atoms with Crippen LogP contribution in [0.3, 0.4) is 0 Å². The van der Waals surface area contributed by atoms with Gasteiger partial charge in [-0.25, -0.2) is 4.52 Å². The lowest BCUT2D eigenvalue weighted by molar-refractivity contribution is -0.137. The number of fused-ring (bicyclic) bond motifs is 2. The molecule has 0 spiro atoms. The third kappa shape index (κ3) is 3.96. The van der Waals surface area contributed by atoms with E-state index in [9.17, 15) is 22.8 Å². The molecule has 0 atom stereocenters. The number of halogens is 3. The summed E-state index contributed by atoms with van der Waals surface area (Å²) in [5.41, 5.74) is -1.11. The van der Waals surface area contributed by atoms with Gasteiger partial charge in [0.1, 0.15) is 5.69 Å². The highest BCUT2D eigenvalue weighted by molar-refractivity contribution is 5.91. The van der Waals surface area contributed by atoms with Gasteiger partial charge in [0.05, 0.1) is 23.7 Å². The van der Waals surface area contributed by atoms with Crippen molar-refractivity contribution in [3.63, 3.8) is 0 Å². The number of benzene rings is 1. The molecule has 0 radical (unpaired) electrons. The molecule has 0 bridgehead atoms. The number of nitrogens with one attached hydrogen (secondary N) is 1. The van der Waals surface area contributed by atoms with Gasteiger partial charge in [0.25, 0.3) is 0 Å². The predicted octanol–water partition coefficient (Wildman–Crippen LogP) is 2.62. The molecule has 12 heteroatoms. The Hall–Kier alpha value is -3.83. The van der Waals surface area contributed by atoms with Crippen LogP contribution in [0.5, 0.6) is 0 Å². The Bertz CT molecular complexity index is 1330. The molecule has 0 aliphatic rings. The Morgan fingerprint density at radius 1 is 1.23 bits per heavy atom. The van der Waals surface area contributed by atoms with Crippen LogP contribution in [-0.4, -0.2) is 35.3 Å². The predicted molar refractivity (Wildman–Crippen MR) is 105 cm³/mol. The second-order valence-electron chi connectivity index (χ2n) is 7.08. The fourth-order valence-electron chi connectivity index (χ4n) is 3.10. The largest absolute Gasteiger partial charge is 0.416 e. The lowest BCUT2D eigenvalue weighted by Crippen LogP contribution is -2.26. The Labute approximate surface area is 172 Å². The number of hydrogen-bond donors (Lipinski definition) is 1. The average molecular weight is 431 g/mol. The van der Waals surface area contributed by atoms with Crippen molar-refractivity contribution in [2.24, 2.45) is 0 Å². The smallest absolute Gasteiger partial charge is 0.293 e. The molecule has 3 aromatic heterocycles. The van der Waals surface area contributed by atoms with Crippen LogP contribution in [0.2, 0.25) is 0 Å². The van der Waals surface area contributed by atoms with E-state index in [1.54, 1.807) is 20.0 Å². The molecule has 1 N–H and O–H groups in total. The molecule has 0 aliphatic carbocycles. The van der Waals surface area contributed by atoms with E-state index in [1.807, 2.05) is 0 Å². The minimum absolute atomic E-state index is 0.0257. The molecule has 31 heavy (non-hydrogen) atoms. The number of rotatable bonds is 4. The van der Waals surface area contributed by atoms with Gasteiger partial charge in [-0.05, 0) is 32.0 Å². The van der Waals surface area contributed by atoms with Crippen LogP contribution in [0.1, 0.15) is 31.1 Å². The first kappa shape index (κ1) is 20.4. The van der Waals surface area contributed by atoms with Gasteiger partial charge in [-0.3, -0.25) is 24.6 Å². The number of hydrogen-bond acceptors (Lipinski definition) is 6. The second-order valence-corrected chi connectivity index (χ2v) is 7.08. The third-order valence-corrected chi connectivity index (χ3v) is 4.52. The minimum Gasteiger partial charge on any atom is -0.293 e. The summed E-state index contributed by atoms with van der Waals surface area (Å²) in [6.07, 6.45) is -0.425. The van der Waals surface area contributed by atoms with E-state index < -0.39 is 29.5 Å². The van der Waals surface area contributed by atoms with Gasteiger partial charge in [0, 0.05) is 23.8 Å². The zero-order chi connectivity index (χ0) is 22.3. The van der Waals surface area contributed by atoms with Gasteiger partial charge in [0.15, 0.2) is 5.65 Å². The van der Waals surface area contributed by atoms with Crippen LogP contribution in [0, 0.1) is 0 Å². The standard InChI is InChI=1S/C19H16F3N7O2/c1-10(2)29-14-7-11(19(20,21)22)3-4-12(14)17(31)13(26-29)8-16(30)25-18-24-15-9-23-5-6-28(15)27-18/h3-7,9-10H,8H2,1-2H3,(H,25,27,30). The Morgan fingerprint density at radius 2 is 2.00 bits per heavy atom. The number of aromatic nitrogens is 6. The van der Waals surface area contributed by atoms with E-state index in [2.05, 4.69) is 25.5 Å². The average Bonchev–Trinajstić information content (AvgIpc) is 3.10. The van der Waals surface area contributed by atoms with Crippen molar-refractivity contribution >= 4 is 28.4 Å². The molecule has 4 aromatic rings. The molecular weight excluding hydrogens is 415 g/mol. The van der Waals surface area contributed by atoms with Gasteiger partial charge in [-0.15, -0.1) is 5.10 Å². The van der Waals surface area contributed by atoms with E-state index in [0.717, 1.165) is 18.2 Å². The normalized spacial score (nSPS) is 12.1. The monoisotopic (exact) mass is 431 g/mol. The lowest BCUT2D eigenvalue weighted by atomic mass is 10.1. The van der Waals surface area contributed by atoms with Crippen LogP contribution in [0.25, 0.3) is 16.6 Å². The first-order valence-electron chi connectivity index (χ1n) is 9.22. The highest BCUT2D eigenvalue weighted by atomic mass is 19.4. The summed E-state index contributed by atoms with van der Waals surface area (Å²) >= 11 is 0. The van der Waals surface area contributed by atoms with Gasteiger partial charge in [0.2, 0.25) is 17.3 Å². The van der Waals surface area contributed by atoms with Crippen molar-refractivity contribution in [1.82, 2.24) is 29.4 Å². The minimum atomic E-state index is -4.55. The number of carbonyl (C=O) groups is 1. The van der Waals surface area contributed by atoms with Gasteiger partial charge in [-0.2, -0.15) is 23.3 Å². The molecule has 0 saturated carbocycles. The summed E-state index contributed by atoms with van der Waals surface area (Å²) in [4.78, 5) is 33.3. The molecule has 4 rings (SSSR count). The molecule has 3 heterocycles. The fraction of sp³-hybridized carbons (Fsp3) is 0.263. The number of alkyl halides is 3. The van der Waals surface area contributed by atoms with Gasteiger partial charge < -0.3 is 0 Å². The van der Waals surface area contributed by atoms with Crippen molar-refractivity contribution < 1.29 is 18.0 Å². The third-order valence-electron chi connectivity index (χ3n) is 4.52. The Kier molecular flexibility index (Phi) is 4.91. The molecular formula is C19H16F3N7O2. The van der Waals surface area contributed by atoms with Crippen LogP contribution in [-0.2, 0) is 17.4 Å². The number of amides is 1. The van der Waals surface area contributed by atoms with Crippen LogP contribution in [0.4, 0.5) is 19.1 Å². The number of nitrogens with zero attached hydrogens (tertiary/aromatic N) is 6. The quantitative estimate of drug-likeness (QED) is 0.532. The zero-order valence-corrected chi connectivity index (χ0v) is 16.4. The molecule has 0 saturated heterocycles. The van der Waals surface area contributed by atoms with Crippen molar-refractivity contribution in [3.05, 3.63) is 58.3 Å². The summed E-state index contributed by atoms with van der Waals surface area (Å²) < 4.78 is 42.0. The van der Waals surface area contributed by atoms with E-state index >= 15 is 0 Å². The lowest BCUT2D eigenvalue weighted by Gasteiger charge is -2.16. The van der Waals surface area contributed by atoms with E-state index in [-0.39, 0.29) is 28.6 Å². The Balaban J connectivity index is 1.69. The van der Waals surface area contributed by atoms with E-state index in [4.69, 9.17) is 0 Å². The summed E-state index contributed by atoms with van der Waals surface area (Å²) in [6, 6.07) is 2.50. The molecule has 0 unspecified atom stereocenters. The topological polar surface area (TPSA) is 107 Å². The van der Waals surface area contributed by atoms with Gasteiger partial charge in [-0.1, -0.05) is 0 Å². The fourth-order valence-corrected chi connectivity index (χ4v) is 3.10. The summed E-state index contributed by atoms with van der Waals surface area (Å²) in [5.74, 6) is -0.562. The molecule has 160 valence electrons. The summed E-state index contributed by atoms with van der Waals surface area (Å²) in [5, 5.41) is 10.8. The maximum Gasteiger partial charge on any atom is 0.416 e. The van der Waals surface area contributed by atoms with Crippen LogP contribution in [0.15, 0.2) is 41.6 Å². The molecule has 0 aliphatic heterocycles. The maximum atomic E-state index is 13.1. The second kappa shape index (κ2) is 7.45. The number of carbonyl (C=O) groups excluding carboxylic acids is 1. The zero-order valence-electron chi connectivity index (χ0n) is 16.4. The van der Waals surface area contributed by atoms with Crippen molar-refractivity contribution in [1.29, 1.82) is 0 Å². The van der Waals surface area contributed by atoms with Crippen molar-refractivity contribution in [3.8, 4) is 0 Å². The van der Waals surface area contributed by atoms with E-state index in [1.165, 1.54) is 21.6 Å². The maximum absolute atomic E-state index is 13.1. The van der Waals surface area contributed by atoms with Crippen LogP contribution < -0.4 is 10.7 Å².